The molecule has 0 saturated carbocycles. The van der Waals surface area contributed by atoms with Gasteiger partial charge in [-0.15, -0.1) is 0 Å². The molecule has 1 aliphatic rings. The van der Waals surface area contributed by atoms with Gasteiger partial charge in [0.1, 0.15) is 18.1 Å². The van der Waals surface area contributed by atoms with Crippen LogP contribution in [0, 0.1) is 0 Å². The summed E-state index contributed by atoms with van der Waals surface area (Å²) in [5, 5.41) is 5.83. The van der Waals surface area contributed by atoms with Gasteiger partial charge in [-0.2, -0.15) is 0 Å². The Labute approximate surface area is 164 Å². The van der Waals surface area contributed by atoms with Gasteiger partial charge < -0.3 is 29.6 Å². The highest BCUT2D eigenvalue weighted by atomic mass is 16.5. The van der Waals surface area contributed by atoms with E-state index in [9.17, 15) is 4.79 Å². The second-order valence-electron chi connectivity index (χ2n) is 6.43. The Kier molecular flexibility index (Phi) is 6.47. The Morgan fingerprint density at radius 1 is 1.14 bits per heavy atom. The SMILES string of the molecule is CCOc1cc(CNC(=O)NC2COc3ccc(OC)cc3C2)ccc1OC. The Morgan fingerprint density at radius 3 is 2.75 bits per heavy atom. The van der Waals surface area contributed by atoms with Crippen molar-refractivity contribution in [1.82, 2.24) is 10.6 Å². The number of urea groups is 1. The van der Waals surface area contributed by atoms with E-state index in [1.165, 1.54) is 0 Å². The number of carbonyl (C=O) groups is 1. The molecule has 2 aromatic rings. The van der Waals surface area contributed by atoms with Crippen molar-refractivity contribution in [3.63, 3.8) is 0 Å². The van der Waals surface area contributed by atoms with Crippen molar-refractivity contribution < 1.29 is 23.7 Å². The molecule has 1 unspecified atom stereocenters. The van der Waals surface area contributed by atoms with E-state index in [-0.39, 0.29) is 12.1 Å². The molecule has 1 heterocycles. The smallest absolute Gasteiger partial charge is 0.315 e. The molecule has 2 aromatic carbocycles. The number of ether oxygens (including phenoxy) is 4. The van der Waals surface area contributed by atoms with Gasteiger partial charge in [0.15, 0.2) is 11.5 Å². The van der Waals surface area contributed by atoms with Crippen LogP contribution in [-0.2, 0) is 13.0 Å². The van der Waals surface area contributed by atoms with Gasteiger partial charge in [-0.05, 0) is 54.8 Å². The fraction of sp³-hybridized carbons (Fsp3) is 0.381. The Bertz CT molecular complexity index is 824. The molecule has 2 N–H and O–H groups in total. The highest BCUT2D eigenvalue weighted by molar-refractivity contribution is 5.74. The van der Waals surface area contributed by atoms with E-state index in [1.54, 1.807) is 14.2 Å². The molecule has 7 nitrogen and oxygen atoms in total. The first-order valence-electron chi connectivity index (χ1n) is 9.26. The van der Waals surface area contributed by atoms with E-state index in [4.69, 9.17) is 18.9 Å². The lowest BCUT2D eigenvalue weighted by Gasteiger charge is -2.26. The summed E-state index contributed by atoms with van der Waals surface area (Å²) in [6.07, 6.45) is 0.691. The van der Waals surface area contributed by atoms with Gasteiger partial charge in [0, 0.05) is 6.54 Å². The lowest BCUT2D eigenvalue weighted by Crippen LogP contribution is -2.47. The molecule has 2 amide bonds. The zero-order valence-electron chi connectivity index (χ0n) is 16.4. The van der Waals surface area contributed by atoms with E-state index in [1.807, 2.05) is 43.3 Å². The van der Waals surface area contributed by atoms with Gasteiger partial charge in [-0.25, -0.2) is 4.79 Å². The van der Waals surface area contributed by atoms with Crippen LogP contribution in [0.25, 0.3) is 0 Å². The zero-order chi connectivity index (χ0) is 19.9. The number of nitrogens with one attached hydrogen (secondary N) is 2. The number of benzene rings is 2. The first kappa shape index (κ1) is 19.7. The third-order valence-electron chi connectivity index (χ3n) is 4.49. The maximum Gasteiger partial charge on any atom is 0.315 e. The van der Waals surface area contributed by atoms with Gasteiger partial charge >= 0.3 is 6.03 Å². The standard InChI is InChI=1S/C21H26N2O5/c1-4-27-20-9-14(5-7-19(20)26-3)12-22-21(24)23-16-10-15-11-17(25-2)6-8-18(15)28-13-16/h5-9,11,16H,4,10,12-13H2,1-3H3,(H2,22,23,24). The summed E-state index contributed by atoms with van der Waals surface area (Å²) in [6, 6.07) is 11.0. The second-order valence-corrected chi connectivity index (χ2v) is 6.43. The van der Waals surface area contributed by atoms with Crippen molar-refractivity contribution in [2.75, 3.05) is 27.4 Å². The monoisotopic (exact) mass is 386 g/mol. The maximum absolute atomic E-state index is 12.3. The molecular weight excluding hydrogens is 360 g/mol. The lowest BCUT2D eigenvalue weighted by molar-refractivity contribution is 0.214. The van der Waals surface area contributed by atoms with Crippen molar-refractivity contribution in [2.45, 2.75) is 25.9 Å². The van der Waals surface area contributed by atoms with Crippen LogP contribution in [0.5, 0.6) is 23.0 Å². The summed E-state index contributed by atoms with van der Waals surface area (Å²) in [6.45, 7) is 3.27. The Balaban J connectivity index is 1.54. The summed E-state index contributed by atoms with van der Waals surface area (Å²) in [7, 11) is 3.23. The molecule has 0 fully saturated rings. The van der Waals surface area contributed by atoms with Crippen LogP contribution < -0.4 is 29.6 Å². The van der Waals surface area contributed by atoms with Gasteiger partial charge in [0.25, 0.3) is 0 Å². The van der Waals surface area contributed by atoms with Gasteiger partial charge in [-0.1, -0.05) is 6.07 Å². The summed E-state index contributed by atoms with van der Waals surface area (Å²) in [5.74, 6) is 2.94. The number of rotatable bonds is 7. The topological polar surface area (TPSA) is 78.1 Å². The predicted octanol–water partition coefficient (Wildman–Crippen LogP) is 2.91. The minimum Gasteiger partial charge on any atom is -0.497 e. The van der Waals surface area contributed by atoms with E-state index in [2.05, 4.69) is 10.6 Å². The maximum atomic E-state index is 12.3. The van der Waals surface area contributed by atoms with E-state index >= 15 is 0 Å². The van der Waals surface area contributed by atoms with Gasteiger partial charge in [0.2, 0.25) is 0 Å². The van der Waals surface area contributed by atoms with Crippen LogP contribution in [0.15, 0.2) is 36.4 Å². The molecule has 0 spiro atoms. The summed E-state index contributed by atoms with van der Waals surface area (Å²) >= 11 is 0. The third kappa shape index (κ3) is 4.79. The molecule has 150 valence electrons. The average Bonchev–Trinajstić information content (AvgIpc) is 2.72. The molecule has 0 aliphatic carbocycles. The highest BCUT2D eigenvalue weighted by Gasteiger charge is 2.22. The van der Waals surface area contributed by atoms with E-state index in [0.717, 1.165) is 22.6 Å². The van der Waals surface area contributed by atoms with Crippen molar-refractivity contribution in [3.8, 4) is 23.0 Å². The fourth-order valence-electron chi connectivity index (χ4n) is 3.11. The number of hydrogen-bond donors (Lipinski definition) is 2. The molecule has 1 aliphatic heterocycles. The van der Waals surface area contributed by atoms with E-state index in [0.29, 0.717) is 37.7 Å². The summed E-state index contributed by atoms with van der Waals surface area (Å²) in [4.78, 5) is 12.3. The number of methoxy groups -OCH3 is 2. The molecule has 0 saturated heterocycles. The van der Waals surface area contributed by atoms with Crippen molar-refractivity contribution in [2.24, 2.45) is 0 Å². The molecule has 28 heavy (non-hydrogen) atoms. The summed E-state index contributed by atoms with van der Waals surface area (Å²) < 4.78 is 21.8. The predicted molar refractivity (Wildman–Crippen MR) is 106 cm³/mol. The molecule has 7 heteroatoms. The minimum atomic E-state index is -0.242. The zero-order valence-corrected chi connectivity index (χ0v) is 16.4. The van der Waals surface area contributed by atoms with Gasteiger partial charge in [0.05, 0.1) is 26.9 Å². The molecule has 0 radical (unpaired) electrons. The van der Waals surface area contributed by atoms with Crippen LogP contribution in [0.4, 0.5) is 4.79 Å². The molecule has 1 atom stereocenters. The van der Waals surface area contributed by atoms with Crippen molar-refractivity contribution >= 4 is 6.03 Å². The first-order chi connectivity index (χ1) is 13.6. The normalized spacial score (nSPS) is 15.0. The first-order valence-corrected chi connectivity index (χ1v) is 9.26. The molecular formula is C21H26N2O5. The van der Waals surface area contributed by atoms with Crippen molar-refractivity contribution in [3.05, 3.63) is 47.5 Å². The number of carbonyl (C=O) groups excluding carboxylic acids is 1. The second kappa shape index (κ2) is 9.21. The third-order valence-corrected chi connectivity index (χ3v) is 4.49. The van der Waals surface area contributed by atoms with Crippen LogP contribution >= 0.6 is 0 Å². The molecule has 0 aromatic heterocycles. The minimum absolute atomic E-state index is 0.102. The quantitative estimate of drug-likeness (QED) is 0.765. The number of amides is 2. The fourth-order valence-corrected chi connectivity index (χ4v) is 3.11. The largest absolute Gasteiger partial charge is 0.497 e. The Hall–Kier alpha value is -3.09. The van der Waals surface area contributed by atoms with Crippen LogP contribution in [0.3, 0.4) is 0 Å². The lowest BCUT2D eigenvalue weighted by atomic mass is 10.0. The number of fused-ring (bicyclic) bond motifs is 1. The van der Waals surface area contributed by atoms with Crippen LogP contribution in [0.2, 0.25) is 0 Å². The highest BCUT2D eigenvalue weighted by Crippen LogP contribution is 2.29. The van der Waals surface area contributed by atoms with Crippen LogP contribution in [-0.4, -0.2) is 39.5 Å². The van der Waals surface area contributed by atoms with E-state index < -0.39 is 0 Å². The van der Waals surface area contributed by atoms with Crippen molar-refractivity contribution in [1.29, 1.82) is 0 Å². The van der Waals surface area contributed by atoms with Gasteiger partial charge in [-0.3, -0.25) is 0 Å². The number of hydrogen-bond acceptors (Lipinski definition) is 5. The molecule has 0 bridgehead atoms. The van der Waals surface area contributed by atoms with Crippen LogP contribution in [0.1, 0.15) is 18.1 Å². The average molecular weight is 386 g/mol. The Morgan fingerprint density at radius 2 is 2.00 bits per heavy atom. The summed E-state index contributed by atoms with van der Waals surface area (Å²) in [5.41, 5.74) is 1.95. The molecule has 3 rings (SSSR count).